The lowest BCUT2D eigenvalue weighted by Crippen LogP contribution is -2.10. The second-order valence-corrected chi connectivity index (χ2v) is 11.6. The van der Waals surface area contributed by atoms with E-state index in [4.69, 9.17) is 31.2 Å². The number of hydrogen-bond acceptors (Lipinski definition) is 18. The minimum absolute atomic E-state index is 0.0604. The summed E-state index contributed by atoms with van der Waals surface area (Å²) in [4.78, 5) is 22.0. The molecule has 22 heteroatoms. The summed E-state index contributed by atoms with van der Waals surface area (Å²) in [6, 6.07) is 7.09. The summed E-state index contributed by atoms with van der Waals surface area (Å²) in [6.45, 7) is -0.862. The number of aliphatic hydroxyl groups excluding tert-OH is 2. The monoisotopic (exact) mass is 678 g/mol. The van der Waals surface area contributed by atoms with Crippen molar-refractivity contribution in [2.75, 3.05) is 48.5 Å². The fraction of sp³-hybridized carbons (Fsp3) is 0.167. The molecule has 0 aliphatic heterocycles. The van der Waals surface area contributed by atoms with Gasteiger partial charge in [-0.15, -0.1) is 0 Å². The van der Waals surface area contributed by atoms with Crippen molar-refractivity contribution in [3.8, 4) is 12.0 Å². The highest BCUT2D eigenvalue weighted by atomic mass is 32.2. The Balaban J connectivity index is 1.64. The van der Waals surface area contributed by atoms with E-state index in [-0.39, 0.29) is 84.7 Å². The summed E-state index contributed by atoms with van der Waals surface area (Å²) in [6.07, 6.45) is 2.40. The predicted molar refractivity (Wildman–Crippen MR) is 162 cm³/mol. The fourth-order valence-electron chi connectivity index (χ4n) is 3.64. The molecule has 0 fully saturated rings. The van der Waals surface area contributed by atoms with Gasteiger partial charge in [0.2, 0.25) is 23.8 Å². The van der Waals surface area contributed by atoms with Gasteiger partial charge in [0.25, 0.3) is 20.2 Å². The van der Waals surface area contributed by atoms with Gasteiger partial charge >= 0.3 is 12.0 Å². The van der Waals surface area contributed by atoms with Crippen LogP contribution in [-0.2, 0) is 20.2 Å². The van der Waals surface area contributed by atoms with Crippen molar-refractivity contribution in [2.45, 2.75) is 9.79 Å². The van der Waals surface area contributed by atoms with Crippen LogP contribution in [-0.4, -0.2) is 92.5 Å². The molecule has 0 saturated carbocycles. The van der Waals surface area contributed by atoms with Crippen LogP contribution in [0.25, 0.3) is 12.2 Å². The zero-order chi connectivity index (χ0) is 33.5. The number of nitrogens with one attached hydrogen (secondary N) is 2. The third-order valence-corrected chi connectivity index (χ3v) is 7.27. The first kappa shape index (κ1) is 33.6. The molecule has 0 bridgehead atoms. The molecule has 244 valence electrons. The van der Waals surface area contributed by atoms with E-state index in [0.717, 1.165) is 12.1 Å². The molecule has 2 aromatic carbocycles. The lowest BCUT2D eigenvalue weighted by atomic mass is 10.1. The number of hydrogen-bond donors (Lipinski definition) is 8. The van der Waals surface area contributed by atoms with Crippen LogP contribution in [0, 0.1) is 0 Å². The third-order valence-electron chi connectivity index (χ3n) is 5.45. The highest BCUT2D eigenvalue weighted by molar-refractivity contribution is 7.86. The lowest BCUT2D eigenvalue weighted by Gasteiger charge is -2.11. The highest BCUT2D eigenvalue weighted by Gasteiger charge is 2.19. The van der Waals surface area contributed by atoms with Crippen molar-refractivity contribution in [3.63, 3.8) is 0 Å². The average Bonchev–Trinajstić information content (AvgIpc) is 2.97. The van der Waals surface area contributed by atoms with E-state index in [2.05, 4.69) is 40.5 Å². The van der Waals surface area contributed by atoms with Gasteiger partial charge in [0.15, 0.2) is 0 Å². The zero-order valence-corrected chi connectivity index (χ0v) is 25.0. The molecule has 10 N–H and O–H groups in total. The fourth-order valence-corrected chi connectivity index (χ4v) is 5.06. The minimum atomic E-state index is -4.83. The molecule has 4 rings (SSSR count). The summed E-state index contributed by atoms with van der Waals surface area (Å²) in [5.41, 5.74) is 11.4. The number of ether oxygens (including phenoxy) is 2. The van der Waals surface area contributed by atoms with Gasteiger partial charge in [0.05, 0.1) is 13.2 Å². The summed E-state index contributed by atoms with van der Waals surface area (Å²) in [5.74, 6) is -0.731. The molecule has 0 saturated heterocycles. The first-order chi connectivity index (χ1) is 21.7. The normalized spacial score (nSPS) is 11.8. The molecule has 0 radical (unpaired) electrons. The van der Waals surface area contributed by atoms with Crippen LogP contribution in [0.4, 0.5) is 35.2 Å². The maximum Gasteiger partial charge on any atom is 0.323 e. The lowest BCUT2D eigenvalue weighted by molar-refractivity contribution is 0.191. The maximum absolute atomic E-state index is 12.2. The Labute approximate surface area is 260 Å². The Morgan fingerprint density at radius 3 is 1.39 bits per heavy atom. The van der Waals surface area contributed by atoms with E-state index >= 15 is 0 Å². The van der Waals surface area contributed by atoms with Crippen molar-refractivity contribution in [1.29, 1.82) is 0 Å². The molecular formula is C24H26N10O10S2. The minimum Gasteiger partial charge on any atom is -0.461 e. The van der Waals surface area contributed by atoms with Crippen LogP contribution in [0.1, 0.15) is 11.1 Å². The van der Waals surface area contributed by atoms with Crippen LogP contribution < -0.4 is 31.6 Å². The van der Waals surface area contributed by atoms with E-state index in [1.807, 2.05) is 0 Å². The van der Waals surface area contributed by atoms with Crippen molar-refractivity contribution in [2.24, 2.45) is 0 Å². The van der Waals surface area contributed by atoms with Crippen LogP contribution >= 0.6 is 0 Å². The standard InChI is InChI=1S/C24H26N10O10S2/c25-19-29-21(33-23(31-19)43-9-7-35)27-15-5-3-13(17(11-15)45(37,38)39)1-2-14-4-6-16(12-18(14)46(40,41)42)28-22-30-20(26)32-24(34-22)44-10-8-36/h1-6,11-12,35-36H,7-10H2,(H,37,38,39)(H,40,41,42)(H3,25,27,29,31,33)(H3,26,28,30,32,34). The van der Waals surface area contributed by atoms with Gasteiger partial charge in [-0.2, -0.15) is 46.7 Å². The molecule has 0 unspecified atom stereocenters. The molecule has 0 spiro atoms. The van der Waals surface area contributed by atoms with Gasteiger partial charge in [0.1, 0.15) is 23.0 Å². The van der Waals surface area contributed by atoms with E-state index in [1.165, 1.54) is 36.4 Å². The number of nitrogen functional groups attached to an aromatic ring is 2. The van der Waals surface area contributed by atoms with Crippen LogP contribution in [0.15, 0.2) is 46.2 Å². The third kappa shape index (κ3) is 9.13. The molecule has 0 aliphatic rings. The average molecular weight is 679 g/mol. The maximum atomic E-state index is 12.2. The molecular weight excluding hydrogens is 652 g/mol. The quantitative estimate of drug-likeness (QED) is 0.0648. The predicted octanol–water partition coefficient (Wildman–Crippen LogP) is 0.114. The van der Waals surface area contributed by atoms with Gasteiger partial charge in [-0.05, 0) is 35.4 Å². The number of aromatic nitrogens is 6. The second kappa shape index (κ2) is 14.2. The zero-order valence-electron chi connectivity index (χ0n) is 23.3. The Bertz CT molecular complexity index is 1840. The van der Waals surface area contributed by atoms with Crippen LogP contribution in [0.5, 0.6) is 12.0 Å². The highest BCUT2D eigenvalue weighted by Crippen LogP contribution is 2.28. The van der Waals surface area contributed by atoms with Gasteiger partial charge in [0, 0.05) is 11.4 Å². The van der Waals surface area contributed by atoms with Crippen molar-refractivity contribution >= 4 is 67.6 Å². The van der Waals surface area contributed by atoms with Crippen LogP contribution in [0.2, 0.25) is 0 Å². The molecule has 4 aromatic rings. The first-order valence-electron chi connectivity index (χ1n) is 12.7. The van der Waals surface area contributed by atoms with Gasteiger partial charge < -0.3 is 41.8 Å². The number of anilines is 6. The van der Waals surface area contributed by atoms with Gasteiger partial charge in [-0.3, -0.25) is 9.11 Å². The van der Waals surface area contributed by atoms with Crippen molar-refractivity contribution < 1.29 is 45.6 Å². The number of nitrogens with two attached hydrogens (primary N) is 2. The molecule has 2 heterocycles. The topological polar surface area (TPSA) is 321 Å². The summed E-state index contributed by atoms with van der Waals surface area (Å²) in [5, 5.41) is 23.2. The smallest absolute Gasteiger partial charge is 0.323 e. The summed E-state index contributed by atoms with van der Waals surface area (Å²) in [7, 11) is -9.65. The van der Waals surface area contributed by atoms with Crippen molar-refractivity contribution in [1.82, 2.24) is 29.9 Å². The molecule has 20 nitrogen and oxygen atoms in total. The van der Waals surface area contributed by atoms with E-state index in [0.29, 0.717) is 0 Å². The molecule has 46 heavy (non-hydrogen) atoms. The van der Waals surface area contributed by atoms with E-state index in [1.54, 1.807) is 0 Å². The largest absolute Gasteiger partial charge is 0.461 e. The van der Waals surface area contributed by atoms with Crippen molar-refractivity contribution in [3.05, 3.63) is 47.5 Å². The number of rotatable bonds is 14. The van der Waals surface area contributed by atoms with Gasteiger partial charge in [-0.1, -0.05) is 24.3 Å². The second-order valence-electron chi connectivity index (χ2n) is 8.78. The molecule has 2 aromatic heterocycles. The summed E-state index contributed by atoms with van der Waals surface area (Å²) >= 11 is 0. The molecule has 0 aliphatic carbocycles. The first-order valence-corrected chi connectivity index (χ1v) is 15.6. The molecule has 0 atom stereocenters. The number of aliphatic hydroxyl groups is 2. The van der Waals surface area contributed by atoms with E-state index < -0.39 is 30.0 Å². The SMILES string of the molecule is Nc1nc(Nc2ccc(C=Cc3ccc(Nc4nc(N)nc(OCCO)n4)cc3S(=O)(=O)O)c(S(=O)(=O)O)c2)nc(OCCO)n1. The Morgan fingerprint density at radius 1 is 0.652 bits per heavy atom. The van der Waals surface area contributed by atoms with E-state index in [9.17, 15) is 25.9 Å². The van der Waals surface area contributed by atoms with Crippen LogP contribution in [0.3, 0.4) is 0 Å². The molecule has 0 amide bonds. The Hall–Kier alpha value is -5.26. The van der Waals surface area contributed by atoms with Gasteiger partial charge in [-0.25, -0.2) is 0 Å². The number of nitrogens with zero attached hydrogens (tertiary/aromatic N) is 6. The Kier molecular flexibility index (Phi) is 10.4. The number of benzene rings is 2. The summed E-state index contributed by atoms with van der Waals surface area (Å²) < 4.78 is 79.0. The Morgan fingerprint density at radius 2 is 1.04 bits per heavy atom.